The maximum absolute atomic E-state index is 10.3. The van der Waals surface area contributed by atoms with Crippen LogP contribution >= 0.6 is 0 Å². The van der Waals surface area contributed by atoms with Gasteiger partial charge in [-0.15, -0.1) is 0 Å². The summed E-state index contributed by atoms with van der Waals surface area (Å²) in [5.41, 5.74) is 13.0. The fraction of sp³-hybridized carbons (Fsp3) is 0.222. The first-order valence-corrected chi connectivity index (χ1v) is 7.44. The van der Waals surface area contributed by atoms with Crippen LogP contribution in [-0.2, 0) is 9.59 Å². The molecule has 0 aliphatic rings. The van der Waals surface area contributed by atoms with Crippen molar-refractivity contribution in [1.82, 2.24) is 0 Å². The van der Waals surface area contributed by atoms with Crippen molar-refractivity contribution in [1.29, 1.82) is 0 Å². The average Bonchev–Trinajstić information content (AvgIpc) is 2.56. The highest BCUT2D eigenvalue weighted by molar-refractivity contribution is 5.68. The van der Waals surface area contributed by atoms with Crippen LogP contribution in [0.5, 0.6) is 0 Å². The lowest BCUT2D eigenvalue weighted by Crippen LogP contribution is -2.14. The minimum Gasteiger partial charge on any atom is -0.481 e. The van der Waals surface area contributed by atoms with Gasteiger partial charge in [0.2, 0.25) is 0 Å². The molecule has 6 heteroatoms. The number of aliphatic carboxylic acids is 2. The Morgan fingerprint density at radius 3 is 1.25 bits per heavy atom. The molecule has 6 N–H and O–H groups in total. The maximum Gasteiger partial charge on any atom is 0.305 e. The quantitative estimate of drug-likeness (QED) is 0.644. The normalized spacial score (nSPS) is 12.4. The average molecular weight is 330 g/mol. The van der Waals surface area contributed by atoms with Crippen LogP contribution in [0.25, 0.3) is 0 Å². The molecule has 6 nitrogen and oxygen atoms in total. The van der Waals surface area contributed by atoms with Crippen molar-refractivity contribution in [2.75, 3.05) is 0 Å². The summed E-state index contributed by atoms with van der Waals surface area (Å²) in [5, 5.41) is 16.9. The molecule has 0 bridgehead atoms. The lowest BCUT2D eigenvalue weighted by atomic mass is 10.1. The van der Waals surface area contributed by atoms with Gasteiger partial charge in [0.05, 0.1) is 12.8 Å². The van der Waals surface area contributed by atoms with Crippen LogP contribution in [0.15, 0.2) is 60.7 Å². The highest BCUT2D eigenvalue weighted by Gasteiger charge is 2.09. The van der Waals surface area contributed by atoms with Gasteiger partial charge >= 0.3 is 11.9 Å². The van der Waals surface area contributed by atoms with E-state index in [9.17, 15) is 9.59 Å². The van der Waals surface area contributed by atoms with Crippen molar-refractivity contribution in [3.63, 3.8) is 0 Å². The summed E-state index contributed by atoms with van der Waals surface area (Å²) in [4.78, 5) is 20.6. The van der Waals surface area contributed by atoms with E-state index in [1.807, 2.05) is 60.7 Å². The Bertz CT molecular complexity index is 574. The lowest BCUT2D eigenvalue weighted by Gasteiger charge is -2.07. The van der Waals surface area contributed by atoms with E-state index in [4.69, 9.17) is 21.7 Å². The molecule has 0 heterocycles. The molecule has 0 amide bonds. The molecule has 0 spiro atoms. The third-order valence-electron chi connectivity index (χ3n) is 3.24. The monoisotopic (exact) mass is 330 g/mol. The zero-order valence-electron chi connectivity index (χ0n) is 13.2. The van der Waals surface area contributed by atoms with Crippen LogP contribution in [0.2, 0.25) is 0 Å². The highest BCUT2D eigenvalue weighted by Crippen LogP contribution is 2.13. The summed E-state index contributed by atoms with van der Waals surface area (Å²) < 4.78 is 0. The molecule has 0 aliphatic carbocycles. The van der Waals surface area contributed by atoms with Gasteiger partial charge in [-0.25, -0.2) is 0 Å². The zero-order chi connectivity index (χ0) is 17.9. The number of nitrogens with two attached hydrogens (primary N) is 2. The van der Waals surface area contributed by atoms with E-state index >= 15 is 0 Å². The molecular formula is C18H22N2O4. The predicted octanol–water partition coefficient (Wildman–Crippen LogP) is 2.32. The third kappa shape index (κ3) is 7.53. The molecule has 2 rings (SSSR count). The minimum atomic E-state index is -0.869. The van der Waals surface area contributed by atoms with E-state index in [-0.39, 0.29) is 12.8 Å². The molecule has 0 fully saturated rings. The SMILES string of the molecule is N[C@@H](CC(=O)O)c1ccccc1.N[C@@H](CC(=O)O)c1ccccc1. The minimum absolute atomic E-state index is 0.0238. The van der Waals surface area contributed by atoms with Crippen molar-refractivity contribution >= 4 is 11.9 Å². The highest BCUT2D eigenvalue weighted by atomic mass is 16.4. The molecule has 0 saturated heterocycles. The molecule has 0 saturated carbocycles. The molecule has 2 aromatic rings. The number of hydrogen-bond acceptors (Lipinski definition) is 4. The van der Waals surface area contributed by atoms with E-state index < -0.39 is 24.0 Å². The van der Waals surface area contributed by atoms with Crippen LogP contribution in [0.1, 0.15) is 36.1 Å². The standard InChI is InChI=1S/2C9H11NO2/c2*10-8(6-9(11)12)7-4-2-1-3-5-7/h2*1-5,8H,6,10H2,(H,11,12)/t2*8-/m00/s1. The van der Waals surface area contributed by atoms with Crippen LogP contribution in [-0.4, -0.2) is 22.2 Å². The second-order valence-corrected chi connectivity index (χ2v) is 5.23. The van der Waals surface area contributed by atoms with Gasteiger partial charge in [-0.3, -0.25) is 9.59 Å². The maximum atomic E-state index is 10.3. The number of carbonyl (C=O) groups is 2. The molecular weight excluding hydrogens is 308 g/mol. The molecule has 0 aliphatic heterocycles. The van der Waals surface area contributed by atoms with Gasteiger partial charge in [-0.2, -0.15) is 0 Å². The number of carboxylic acids is 2. The first kappa shape index (κ1) is 19.3. The summed E-state index contributed by atoms with van der Waals surface area (Å²) >= 11 is 0. The largest absolute Gasteiger partial charge is 0.481 e. The van der Waals surface area contributed by atoms with Gasteiger partial charge in [0.1, 0.15) is 0 Å². The molecule has 24 heavy (non-hydrogen) atoms. The molecule has 0 unspecified atom stereocenters. The van der Waals surface area contributed by atoms with Gasteiger partial charge < -0.3 is 21.7 Å². The lowest BCUT2D eigenvalue weighted by molar-refractivity contribution is -0.138. The van der Waals surface area contributed by atoms with Crippen molar-refractivity contribution in [3.8, 4) is 0 Å². The summed E-state index contributed by atoms with van der Waals surface area (Å²) in [6.07, 6.45) is -0.0476. The smallest absolute Gasteiger partial charge is 0.305 e. The van der Waals surface area contributed by atoms with E-state index in [2.05, 4.69) is 0 Å². The van der Waals surface area contributed by atoms with Crippen LogP contribution in [0.4, 0.5) is 0 Å². The van der Waals surface area contributed by atoms with Gasteiger partial charge in [-0.1, -0.05) is 60.7 Å². The van der Waals surface area contributed by atoms with Crippen molar-refractivity contribution in [2.45, 2.75) is 24.9 Å². The predicted molar refractivity (Wildman–Crippen MR) is 91.2 cm³/mol. The van der Waals surface area contributed by atoms with Gasteiger partial charge in [-0.05, 0) is 11.1 Å². The molecule has 0 radical (unpaired) electrons. The summed E-state index contributed by atoms with van der Waals surface area (Å²) in [6.45, 7) is 0. The number of carboxylic acid groups (broad SMARTS) is 2. The topological polar surface area (TPSA) is 127 Å². The Balaban J connectivity index is 0.000000240. The van der Waals surface area contributed by atoms with Crippen LogP contribution in [0, 0.1) is 0 Å². The van der Waals surface area contributed by atoms with Crippen molar-refractivity contribution < 1.29 is 19.8 Å². The Hall–Kier alpha value is -2.70. The molecule has 2 atom stereocenters. The number of rotatable bonds is 6. The fourth-order valence-electron chi connectivity index (χ4n) is 2.01. The Morgan fingerprint density at radius 1 is 0.708 bits per heavy atom. The Labute approximate surface area is 140 Å². The first-order valence-electron chi connectivity index (χ1n) is 7.44. The van der Waals surface area contributed by atoms with E-state index in [1.54, 1.807) is 0 Å². The second-order valence-electron chi connectivity index (χ2n) is 5.23. The van der Waals surface area contributed by atoms with Crippen LogP contribution < -0.4 is 11.5 Å². The summed E-state index contributed by atoms with van der Waals surface area (Å²) in [5.74, 6) is -1.74. The van der Waals surface area contributed by atoms with Gasteiger partial charge in [0, 0.05) is 12.1 Å². The number of hydrogen-bond donors (Lipinski definition) is 4. The van der Waals surface area contributed by atoms with Crippen molar-refractivity contribution in [3.05, 3.63) is 71.8 Å². The first-order chi connectivity index (χ1) is 11.4. The third-order valence-corrected chi connectivity index (χ3v) is 3.24. The van der Waals surface area contributed by atoms with E-state index in [0.29, 0.717) is 0 Å². The zero-order valence-corrected chi connectivity index (χ0v) is 13.2. The van der Waals surface area contributed by atoms with Crippen LogP contribution in [0.3, 0.4) is 0 Å². The van der Waals surface area contributed by atoms with E-state index in [1.165, 1.54) is 0 Å². The summed E-state index contributed by atoms with van der Waals surface area (Å²) in [7, 11) is 0. The molecule has 2 aromatic carbocycles. The summed E-state index contributed by atoms with van der Waals surface area (Å²) in [6, 6.07) is 17.6. The fourth-order valence-corrected chi connectivity index (χ4v) is 2.01. The molecule has 0 aromatic heterocycles. The van der Waals surface area contributed by atoms with Gasteiger partial charge in [0.15, 0.2) is 0 Å². The Morgan fingerprint density at radius 2 is 1.00 bits per heavy atom. The Kier molecular flexibility index (Phi) is 8.18. The van der Waals surface area contributed by atoms with Crippen molar-refractivity contribution in [2.24, 2.45) is 11.5 Å². The van der Waals surface area contributed by atoms with E-state index in [0.717, 1.165) is 11.1 Å². The number of benzene rings is 2. The second kappa shape index (κ2) is 10.1. The molecule has 128 valence electrons. The van der Waals surface area contributed by atoms with Gasteiger partial charge in [0.25, 0.3) is 0 Å².